The molecule has 1 heterocycles. The molecule has 0 amide bonds. The van der Waals surface area contributed by atoms with Gasteiger partial charge in [-0.1, -0.05) is 60.1 Å². The summed E-state index contributed by atoms with van der Waals surface area (Å²) in [5.74, 6) is -0.373. The van der Waals surface area contributed by atoms with Gasteiger partial charge in [-0.25, -0.2) is 4.79 Å². The summed E-state index contributed by atoms with van der Waals surface area (Å²) in [6.45, 7) is 2.11. The maximum atomic E-state index is 13.0. The Balaban J connectivity index is 0.000000623. The Morgan fingerprint density at radius 2 is 1.31 bits per heavy atom. The summed E-state index contributed by atoms with van der Waals surface area (Å²) < 4.78 is 46.3. The van der Waals surface area contributed by atoms with E-state index in [0.29, 0.717) is 17.3 Å². The van der Waals surface area contributed by atoms with Crippen molar-refractivity contribution in [2.24, 2.45) is 0 Å². The molecule has 0 bridgehead atoms. The highest BCUT2D eigenvalue weighted by Gasteiger charge is 2.29. The summed E-state index contributed by atoms with van der Waals surface area (Å²) in [5, 5.41) is 0.638. The van der Waals surface area contributed by atoms with Crippen molar-refractivity contribution in [2.45, 2.75) is 6.92 Å². The fourth-order valence-electron chi connectivity index (χ4n) is 3.44. The van der Waals surface area contributed by atoms with Gasteiger partial charge in [-0.2, -0.15) is 0 Å². The number of aromatic nitrogens is 1. The molecule has 180 valence electrons. The number of pyridine rings is 1. The zero-order valence-corrected chi connectivity index (χ0v) is 19.4. The van der Waals surface area contributed by atoms with E-state index in [-0.39, 0.29) is 5.97 Å². The Kier molecular flexibility index (Phi) is 8.65. The van der Waals surface area contributed by atoms with Crippen molar-refractivity contribution in [3.05, 3.63) is 108 Å². The molecule has 3 aromatic carbocycles. The summed E-state index contributed by atoms with van der Waals surface area (Å²) in [4.78, 5) is 13.0. The lowest BCUT2D eigenvalue weighted by Gasteiger charge is -2.11. The first-order chi connectivity index (χ1) is 16.7. The fourth-order valence-corrected chi connectivity index (χ4v) is 3.56. The molecule has 4 rings (SSSR count). The zero-order chi connectivity index (χ0) is 25.4. The van der Waals surface area contributed by atoms with Crippen LogP contribution < -0.4 is 4.57 Å². The number of halogens is 5. The molecule has 0 spiro atoms. The van der Waals surface area contributed by atoms with Crippen LogP contribution in [-0.2, 0) is 4.74 Å². The molecule has 9 heteroatoms. The maximum absolute atomic E-state index is 13.0. The molecule has 0 unspecified atom stereocenters. The Morgan fingerprint density at radius 1 is 0.800 bits per heavy atom. The maximum Gasteiger partial charge on any atom is 0.673 e. The SMILES string of the molecule is CCOC(=O)c1cc(-c2ccccc2)cc(-c2ccccc2)[n+]1-c1ccc(Cl)cc1.F[B-](F)(F)F. The highest BCUT2D eigenvalue weighted by molar-refractivity contribution is 6.50. The summed E-state index contributed by atoms with van der Waals surface area (Å²) in [7, 11) is -6.00. The number of rotatable bonds is 5. The number of carbonyl (C=O) groups excluding carboxylic acids is 1. The van der Waals surface area contributed by atoms with E-state index in [0.717, 1.165) is 28.1 Å². The van der Waals surface area contributed by atoms with Gasteiger partial charge >= 0.3 is 13.2 Å². The fraction of sp³-hybridized carbons (Fsp3) is 0.0769. The average molecular weight is 502 g/mol. The molecule has 4 aromatic rings. The average Bonchev–Trinajstić information content (AvgIpc) is 2.84. The number of esters is 1. The topological polar surface area (TPSA) is 30.2 Å². The Bertz CT molecular complexity index is 1260. The van der Waals surface area contributed by atoms with E-state index in [1.807, 2.05) is 102 Å². The number of hydrogen-bond donors (Lipinski definition) is 0. The molecule has 35 heavy (non-hydrogen) atoms. The van der Waals surface area contributed by atoms with E-state index in [2.05, 4.69) is 6.07 Å². The molecular formula is C26H21BClF4NO2. The molecule has 0 aliphatic carbocycles. The van der Waals surface area contributed by atoms with Gasteiger partial charge in [0.15, 0.2) is 0 Å². The second-order valence-corrected chi connectivity index (χ2v) is 7.71. The zero-order valence-electron chi connectivity index (χ0n) is 18.7. The molecular weight excluding hydrogens is 481 g/mol. The van der Waals surface area contributed by atoms with Crippen LogP contribution >= 0.6 is 11.6 Å². The van der Waals surface area contributed by atoms with Crippen molar-refractivity contribution in [2.75, 3.05) is 6.61 Å². The highest BCUT2D eigenvalue weighted by Crippen LogP contribution is 2.27. The molecule has 0 atom stereocenters. The summed E-state index contributed by atoms with van der Waals surface area (Å²) in [6.07, 6.45) is 0. The third-order valence-corrected chi connectivity index (χ3v) is 5.06. The number of nitrogens with zero attached hydrogens (tertiary/aromatic N) is 1. The Hall–Kier alpha value is -3.65. The van der Waals surface area contributed by atoms with Crippen LogP contribution in [-0.4, -0.2) is 19.8 Å². The lowest BCUT2D eigenvalue weighted by Crippen LogP contribution is -2.41. The quantitative estimate of drug-likeness (QED) is 0.123. The van der Waals surface area contributed by atoms with Crippen LogP contribution in [0.2, 0.25) is 5.02 Å². The van der Waals surface area contributed by atoms with E-state index in [9.17, 15) is 22.1 Å². The molecule has 0 saturated heterocycles. The number of ether oxygens (including phenoxy) is 1. The van der Waals surface area contributed by atoms with Gasteiger partial charge in [0.25, 0.3) is 5.69 Å². The van der Waals surface area contributed by atoms with Crippen LogP contribution in [0.25, 0.3) is 28.1 Å². The van der Waals surface area contributed by atoms with Gasteiger partial charge in [0.1, 0.15) is 0 Å². The normalized spacial score (nSPS) is 10.8. The predicted octanol–water partition coefficient (Wildman–Crippen LogP) is 7.43. The minimum absolute atomic E-state index is 0.301. The van der Waals surface area contributed by atoms with Crippen LogP contribution in [0.4, 0.5) is 17.3 Å². The first kappa shape index (κ1) is 26.0. The monoisotopic (exact) mass is 501 g/mol. The molecule has 3 nitrogen and oxygen atoms in total. The van der Waals surface area contributed by atoms with Crippen LogP contribution in [0.3, 0.4) is 0 Å². The minimum Gasteiger partial charge on any atom is -0.458 e. The molecule has 0 aliphatic rings. The second kappa shape index (κ2) is 11.7. The number of carbonyl (C=O) groups is 1. The molecule has 0 N–H and O–H groups in total. The van der Waals surface area contributed by atoms with Gasteiger partial charge < -0.3 is 22.0 Å². The largest absolute Gasteiger partial charge is 0.673 e. The smallest absolute Gasteiger partial charge is 0.458 e. The Morgan fingerprint density at radius 3 is 1.83 bits per heavy atom. The van der Waals surface area contributed by atoms with Gasteiger partial charge in [-0.05, 0) is 42.3 Å². The molecule has 0 aliphatic heterocycles. The second-order valence-electron chi connectivity index (χ2n) is 7.27. The van der Waals surface area contributed by atoms with Crippen molar-refractivity contribution in [1.29, 1.82) is 0 Å². The summed E-state index contributed by atoms with van der Waals surface area (Å²) in [5.41, 5.74) is 5.16. The van der Waals surface area contributed by atoms with Crippen LogP contribution in [0.1, 0.15) is 17.4 Å². The number of benzene rings is 3. The predicted molar refractivity (Wildman–Crippen MR) is 130 cm³/mol. The van der Waals surface area contributed by atoms with Crippen molar-refractivity contribution in [1.82, 2.24) is 0 Å². The van der Waals surface area contributed by atoms with E-state index in [4.69, 9.17) is 16.3 Å². The van der Waals surface area contributed by atoms with Crippen molar-refractivity contribution < 1.29 is 31.4 Å². The van der Waals surface area contributed by atoms with Crippen LogP contribution in [0.15, 0.2) is 97.1 Å². The highest BCUT2D eigenvalue weighted by atomic mass is 35.5. The van der Waals surface area contributed by atoms with E-state index < -0.39 is 7.25 Å². The molecule has 0 saturated carbocycles. The summed E-state index contributed by atoms with van der Waals surface area (Å²) in [6, 6.07) is 31.5. The van der Waals surface area contributed by atoms with Gasteiger partial charge in [-0.3, -0.25) is 0 Å². The first-order valence-corrected chi connectivity index (χ1v) is 11.1. The van der Waals surface area contributed by atoms with Crippen LogP contribution in [0.5, 0.6) is 0 Å². The third kappa shape index (κ3) is 7.42. The molecule has 1 aromatic heterocycles. The van der Waals surface area contributed by atoms with Crippen molar-refractivity contribution in [3.8, 4) is 28.1 Å². The van der Waals surface area contributed by atoms with Gasteiger partial charge in [0, 0.05) is 34.9 Å². The Labute approximate surface area is 205 Å². The molecule has 0 fully saturated rings. The van der Waals surface area contributed by atoms with E-state index >= 15 is 0 Å². The third-order valence-electron chi connectivity index (χ3n) is 4.81. The summed E-state index contributed by atoms with van der Waals surface area (Å²) >= 11 is 6.11. The van der Waals surface area contributed by atoms with Crippen molar-refractivity contribution >= 4 is 24.8 Å². The van der Waals surface area contributed by atoms with E-state index in [1.165, 1.54) is 0 Å². The first-order valence-electron chi connectivity index (χ1n) is 10.7. The van der Waals surface area contributed by atoms with E-state index in [1.54, 1.807) is 0 Å². The van der Waals surface area contributed by atoms with Crippen LogP contribution in [0, 0.1) is 0 Å². The minimum atomic E-state index is -6.00. The van der Waals surface area contributed by atoms with Gasteiger partial charge in [0.2, 0.25) is 11.4 Å². The number of hydrogen-bond acceptors (Lipinski definition) is 2. The van der Waals surface area contributed by atoms with Gasteiger partial charge in [-0.15, -0.1) is 4.57 Å². The van der Waals surface area contributed by atoms with Crippen molar-refractivity contribution in [3.63, 3.8) is 0 Å². The van der Waals surface area contributed by atoms with Gasteiger partial charge in [0.05, 0.1) is 6.61 Å². The molecule has 0 radical (unpaired) electrons. The lowest BCUT2D eigenvalue weighted by atomic mass is 10.0. The standard InChI is InChI=1S/C26H21ClNO2.BF4/c1-2-30-26(29)25-18-21(19-9-5-3-6-10-19)17-24(20-11-7-4-8-12-20)28(25)23-15-13-22(27)14-16-23;2-1(3,4)5/h3-18H,2H2,1H3;/q+1;-1. The lowest BCUT2D eigenvalue weighted by molar-refractivity contribution is -0.587.